The van der Waals surface area contributed by atoms with Gasteiger partial charge in [0.25, 0.3) is 0 Å². The highest BCUT2D eigenvalue weighted by Gasteiger charge is 2.30. The van der Waals surface area contributed by atoms with Crippen molar-refractivity contribution in [1.82, 2.24) is 15.1 Å². The number of nitrogens with one attached hydrogen (secondary N) is 1. The molecule has 176 valence electrons. The van der Waals surface area contributed by atoms with Gasteiger partial charge in [0.2, 0.25) is 11.8 Å². The number of carbonyl (C=O) groups is 3. The van der Waals surface area contributed by atoms with Gasteiger partial charge in [0.15, 0.2) is 0 Å². The Balaban J connectivity index is 1.46. The van der Waals surface area contributed by atoms with E-state index in [2.05, 4.69) is 10.2 Å². The predicted molar refractivity (Wildman–Crippen MR) is 123 cm³/mol. The molecule has 9 heteroatoms. The minimum atomic E-state index is -0.375. The van der Waals surface area contributed by atoms with Gasteiger partial charge in [-0.3, -0.25) is 29.5 Å². The van der Waals surface area contributed by atoms with Crippen LogP contribution in [0, 0.1) is 0 Å². The number of rotatable bonds is 12. The number of hydrogen-bond donors (Lipinski definition) is 1. The normalized spacial score (nSPS) is 19.9. The van der Waals surface area contributed by atoms with Crippen molar-refractivity contribution in [2.75, 3.05) is 58.9 Å². The summed E-state index contributed by atoms with van der Waals surface area (Å²) in [6.45, 7) is 6.51. The van der Waals surface area contributed by atoms with Crippen LogP contribution in [-0.4, -0.2) is 92.8 Å². The minimum Gasteiger partial charge on any atom is -0.381 e. The summed E-state index contributed by atoms with van der Waals surface area (Å²) in [5, 5.41) is 2.40. The lowest BCUT2D eigenvalue weighted by Crippen LogP contribution is -2.51. The van der Waals surface area contributed by atoms with Crippen LogP contribution in [0.15, 0.2) is 23.1 Å². The first-order valence-electron chi connectivity index (χ1n) is 11.2. The van der Waals surface area contributed by atoms with Crippen LogP contribution in [0.4, 0.5) is 0 Å². The van der Waals surface area contributed by atoms with Crippen LogP contribution in [0.5, 0.6) is 0 Å². The Morgan fingerprint density at radius 1 is 1.28 bits per heavy atom. The number of benzene rings is 1. The van der Waals surface area contributed by atoms with Crippen molar-refractivity contribution >= 4 is 29.9 Å². The van der Waals surface area contributed by atoms with E-state index in [9.17, 15) is 14.4 Å². The van der Waals surface area contributed by atoms with Crippen LogP contribution in [-0.2, 0) is 25.6 Å². The number of thioether (sulfide) groups is 1. The molecule has 1 aromatic rings. The molecule has 2 fully saturated rings. The molecule has 0 aromatic heterocycles. The number of carbonyl (C=O) groups excluding carboxylic acids is 3. The summed E-state index contributed by atoms with van der Waals surface area (Å²) < 4.78 is 11.2. The molecule has 1 aromatic carbocycles. The lowest BCUT2D eigenvalue weighted by molar-refractivity contribution is -0.137. The highest BCUT2D eigenvalue weighted by atomic mass is 32.2. The zero-order chi connectivity index (χ0) is 22.8. The maximum Gasteiger partial charge on any atom is 0.243 e. The molecule has 8 nitrogen and oxygen atoms in total. The third-order valence-electron chi connectivity index (χ3n) is 5.80. The SMILES string of the molecule is CN(Cc1c(C=O)cccc1SCCOCCCN1CCOCC1)C1CCC(=O)NC1=O. The fourth-order valence-corrected chi connectivity index (χ4v) is 4.94. The molecule has 0 saturated carbocycles. The monoisotopic (exact) mass is 463 g/mol. The summed E-state index contributed by atoms with van der Waals surface area (Å²) in [5.41, 5.74) is 1.53. The van der Waals surface area contributed by atoms with E-state index in [0.717, 1.165) is 68.4 Å². The van der Waals surface area contributed by atoms with Gasteiger partial charge in [0.05, 0.1) is 25.9 Å². The Hall–Kier alpha value is -1.78. The van der Waals surface area contributed by atoms with E-state index >= 15 is 0 Å². The van der Waals surface area contributed by atoms with Gasteiger partial charge >= 0.3 is 0 Å². The number of nitrogens with zero attached hydrogens (tertiary/aromatic N) is 2. The Kier molecular flexibility index (Phi) is 10.1. The van der Waals surface area contributed by atoms with Crippen molar-refractivity contribution in [3.05, 3.63) is 29.3 Å². The molecule has 0 spiro atoms. The van der Waals surface area contributed by atoms with E-state index in [4.69, 9.17) is 9.47 Å². The highest BCUT2D eigenvalue weighted by molar-refractivity contribution is 7.99. The van der Waals surface area contributed by atoms with Crippen molar-refractivity contribution in [3.8, 4) is 0 Å². The number of morpholine rings is 1. The Bertz CT molecular complexity index is 785. The van der Waals surface area contributed by atoms with Gasteiger partial charge in [0, 0.05) is 55.4 Å². The molecule has 1 atom stereocenters. The first-order chi connectivity index (χ1) is 15.6. The van der Waals surface area contributed by atoms with Gasteiger partial charge in [-0.2, -0.15) is 0 Å². The van der Waals surface area contributed by atoms with Crippen LogP contribution >= 0.6 is 11.8 Å². The standard InChI is InChI=1S/C23H33N3O5S/c1-25(20-6-7-22(28)24-23(20)29)16-19-18(17-27)4-2-5-21(19)32-15-14-30-11-3-8-26-9-12-31-13-10-26/h2,4-5,17,20H,3,6-16H2,1H3,(H,24,28,29). The lowest BCUT2D eigenvalue weighted by atomic mass is 10.0. The molecular formula is C23H33N3O5S. The summed E-state index contributed by atoms with van der Waals surface area (Å²) in [4.78, 5) is 40.6. The molecule has 0 bridgehead atoms. The molecule has 2 amide bonds. The molecule has 0 radical (unpaired) electrons. The largest absolute Gasteiger partial charge is 0.381 e. The summed E-state index contributed by atoms with van der Waals surface area (Å²) >= 11 is 1.66. The third-order valence-corrected chi connectivity index (χ3v) is 6.86. The van der Waals surface area contributed by atoms with Crippen molar-refractivity contribution in [3.63, 3.8) is 0 Å². The van der Waals surface area contributed by atoms with E-state index < -0.39 is 0 Å². The van der Waals surface area contributed by atoms with Crippen molar-refractivity contribution in [2.45, 2.75) is 36.7 Å². The smallest absolute Gasteiger partial charge is 0.243 e. The molecule has 0 aliphatic carbocycles. The number of aldehydes is 1. The summed E-state index contributed by atoms with van der Waals surface area (Å²) in [5.74, 6) is 0.288. The van der Waals surface area contributed by atoms with Crippen LogP contribution in [0.25, 0.3) is 0 Å². The second-order valence-electron chi connectivity index (χ2n) is 8.09. The molecule has 2 aliphatic heterocycles. The first kappa shape index (κ1) is 24.9. The van der Waals surface area contributed by atoms with Gasteiger partial charge in [0.1, 0.15) is 6.29 Å². The van der Waals surface area contributed by atoms with E-state index in [0.29, 0.717) is 31.6 Å². The number of piperidine rings is 1. The topological polar surface area (TPSA) is 88.2 Å². The van der Waals surface area contributed by atoms with Gasteiger partial charge in [-0.05, 0) is 31.5 Å². The molecule has 2 aliphatic rings. The van der Waals surface area contributed by atoms with Gasteiger partial charge in [-0.1, -0.05) is 12.1 Å². The summed E-state index contributed by atoms with van der Waals surface area (Å²) in [6, 6.07) is 5.31. The lowest BCUT2D eigenvalue weighted by Gasteiger charge is -2.30. The van der Waals surface area contributed by atoms with Crippen LogP contribution in [0.1, 0.15) is 35.2 Å². The average Bonchev–Trinajstić information content (AvgIpc) is 2.79. The van der Waals surface area contributed by atoms with E-state index in [-0.39, 0.29) is 17.9 Å². The van der Waals surface area contributed by atoms with Crippen LogP contribution in [0.2, 0.25) is 0 Å². The zero-order valence-electron chi connectivity index (χ0n) is 18.7. The van der Waals surface area contributed by atoms with Crippen LogP contribution < -0.4 is 5.32 Å². The zero-order valence-corrected chi connectivity index (χ0v) is 19.5. The van der Waals surface area contributed by atoms with E-state index in [1.54, 1.807) is 17.8 Å². The summed E-state index contributed by atoms with van der Waals surface area (Å²) in [6.07, 6.45) is 2.69. The number of hydrogen-bond acceptors (Lipinski definition) is 8. The van der Waals surface area contributed by atoms with Crippen molar-refractivity contribution in [1.29, 1.82) is 0 Å². The Labute approximate surface area is 194 Å². The Morgan fingerprint density at radius 2 is 2.09 bits per heavy atom. The van der Waals surface area contributed by atoms with Crippen molar-refractivity contribution < 1.29 is 23.9 Å². The van der Waals surface area contributed by atoms with Crippen LogP contribution in [0.3, 0.4) is 0 Å². The fourth-order valence-electron chi connectivity index (χ4n) is 3.99. The maximum absolute atomic E-state index is 12.2. The molecule has 1 unspecified atom stereocenters. The molecule has 2 heterocycles. The van der Waals surface area contributed by atoms with Gasteiger partial charge in [-0.15, -0.1) is 11.8 Å². The van der Waals surface area contributed by atoms with E-state index in [1.165, 1.54) is 0 Å². The minimum absolute atomic E-state index is 0.228. The second-order valence-corrected chi connectivity index (χ2v) is 9.23. The number of likely N-dealkylation sites (N-methyl/N-ethyl adjacent to an activating group) is 1. The van der Waals surface area contributed by atoms with E-state index in [1.807, 2.05) is 24.1 Å². The number of amides is 2. The average molecular weight is 464 g/mol. The third kappa shape index (κ3) is 7.38. The molecule has 32 heavy (non-hydrogen) atoms. The molecule has 1 N–H and O–H groups in total. The van der Waals surface area contributed by atoms with Crippen molar-refractivity contribution in [2.24, 2.45) is 0 Å². The first-order valence-corrected chi connectivity index (χ1v) is 12.2. The molecule has 2 saturated heterocycles. The highest BCUT2D eigenvalue weighted by Crippen LogP contribution is 2.27. The van der Waals surface area contributed by atoms with Gasteiger partial charge in [-0.25, -0.2) is 0 Å². The number of imide groups is 1. The molecular weight excluding hydrogens is 430 g/mol. The quantitative estimate of drug-likeness (QED) is 0.216. The maximum atomic E-state index is 12.2. The second kappa shape index (κ2) is 13.1. The molecule has 3 rings (SSSR count). The Morgan fingerprint density at radius 3 is 2.84 bits per heavy atom. The number of ether oxygens (including phenoxy) is 2. The summed E-state index contributed by atoms with van der Waals surface area (Å²) in [7, 11) is 1.85. The van der Waals surface area contributed by atoms with Gasteiger partial charge < -0.3 is 9.47 Å². The fraction of sp³-hybridized carbons (Fsp3) is 0.609. The predicted octanol–water partition coefficient (Wildman–Crippen LogP) is 1.57.